The standard InChI is InChI=1S/4FH.4NO3.Zr/c;;;;4*2-1(3)4;/h4*1H;;;;;/q;;;;4*-1;+4. The zero-order valence-corrected chi connectivity index (χ0v) is 11.3. The van der Waals surface area contributed by atoms with Gasteiger partial charge in [-0.1, -0.05) is 0 Å². The molecule has 0 aromatic heterocycles. The smallest absolute Gasteiger partial charge is 0.356 e. The maximum Gasteiger partial charge on any atom is 4.00 e. The molecule has 16 nitrogen and oxygen atoms in total. The Kier molecular flexibility index (Phi) is 159. The summed E-state index contributed by atoms with van der Waals surface area (Å²) in [5.74, 6) is 0. The molecule has 0 heterocycles. The van der Waals surface area contributed by atoms with E-state index < -0.39 is 20.3 Å². The minimum atomic E-state index is -1.75. The Morgan fingerprint density at radius 1 is 0.381 bits per heavy atom. The van der Waals surface area contributed by atoms with Gasteiger partial charge in [0.05, 0.1) is 20.3 Å². The van der Waals surface area contributed by atoms with Gasteiger partial charge in [0.15, 0.2) is 0 Å². The fraction of sp³-hybridized carbons (Fsp3) is 0. The van der Waals surface area contributed by atoms with Crippen LogP contribution in [0.15, 0.2) is 0 Å². The Morgan fingerprint density at radius 3 is 0.381 bits per heavy atom. The second-order valence-corrected chi connectivity index (χ2v) is 0.894. The van der Waals surface area contributed by atoms with Crippen molar-refractivity contribution in [1.29, 1.82) is 0 Å². The Morgan fingerprint density at radius 2 is 0.381 bits per heavy atom. The van der Waals surface area contributed by atoms with Crippen LogP contribution >= 0.6 is 0 Å². The van der Waals surface area contributed by atoms with Crippen molar-refractivity contribution in [2.75, 3.05) is 0 Å². The summed E-state index contributed by atoms with van der Waals surface area (Å²) in [6.07, 6.45) is 0. The van der Waals surface area contributed by atoms with Gasteiger partial charge in [-0.25, -0.2) is 0 Å². The van der Waals surface area contributed by atoms with Gasteiger partial charge in [-0.2, -0.15) is 0 Å². The predicted molar refractivity (Wildman–Crippen MR) is 51.5 cm³/mol. The first kappa shape index (κ1) is 63.0. The van der Waals surface area contributed by atoms with Crippen LogP contribution in [0.3, 0.4) is 0 Å². The van der Waals surface area contributed by atoms with Crippen molar-refractivity contribution in [2.24, 2.45) is 0 Å². The molecule has 0 fully saturated rings. The van der Waals surface area contributed by atoms with E-state index in [9.17, 15) is 0 Å². The summed E-state index contributed by atoms with van der Waals surface area (Å²) < 4.78 is 0. The predicted octanol–water partition coefficient (Wildman–Crippen LogP) is -0.349. The molecule has 21 heteroatoms. The monoisotopic (exact) mass is 418 g/mol. The first-order chi connectivity index (χ1) is 6.93. The number of halogens is 4. The third-order valence-electron chi connectivity index (χ3n) is 0. The fourth-order valence-corrected chi connectivity index (χ4v) is 0. The first-order valence-corrected chi connectivity index (χ1v) is 2.19. The largest absolute Gasteiger partial charge is 4.00 e. The summed E-state index contributed by atoms with van der Waals surface area (Å²) in [4.78, 5) is 33.0. The van der Waals surface area contributed by atoms with Crippen molar-refractivity contribution in [3.63, 3.8) is 0 Å². The molecule has 0 radical (unpaired) electrons. The van der Waals surface area contributed by atoms with Crippen LogP contribution < -0.4 is 0 Å². The molecule has 0 amide bonds. The molecule has 0 aliphatic heterocycles. The Bertz CT molecular complexity index is 173. The molecule has 0 spiro atoms. The number of nitrogens with zero attached hydrogens (tertiary/aromatic N) is 4. The van der Waals surface area contributed by atoms with Gasteiger partial charge in [0.25, 0.3) is 0 Å². The second kappa shape index (κ2) is 53.0. The van der Waals surface area contributed by atoms with Crippen LogP contribution in [-0.2, 0) is 26.2 Å². The molecule has 0 rings (SSSR count). The van der Waals surface area contributed by atoms with Gasteiger partial charge in [0.2, 0.25) is 0 Å². The van der Waals surface area contributed by atoms with Crippen LogP contribution in [-0.4, -0.2) is 20.3 Å². The van der Waals surface area contributed by atoms with Crippen molar-refractivity contribution in [1.82, 2.24) is 0 Å². The van der Waals surface area contributed by atoms with E-state index in [2.05, 4.69) is 0 Å². The minimum Gasteiger partial charge on any atom is -0.356 e. The molecule has 0 atom stereocenters. The van der Waals surface area contributed by atoms with Gasteiger partial charge in [-0.15, -0.1) is 0 Å². The molecular weight excluding hydrogens is 415 g/mol. The Hall–Kier alpha value is -2.60. The summed E-state index contributed by atoms with van der Waals surface area (Å²) >= 11 is 0. The third-order valence-corrected chi connectivity index (χ3v) is 0. The van der Waals surface area contributed by atoms with E-state index >= 15 is 0 Å². The van der Waals surface area contributed by atoms with Crippen LogP contribution in [0.5, 0.6) is 0 Å². The molecule has 0 N–H and O–H groups in total. The van der Waals surface area contributed by atoms with Gasteiger partial charge >= 0.3 is 26.2 Å². The average Bonchev–Trinajstić information content (AvgIpc) is 1.76. The Labute approximate surface area is 127 Å². The van der Waals surface area contributed by atoms with Gasteiger partial charge in [0, 0.05) is 0 Å². The maximum absolute atomic E-state index is 8.25. The van der Waals surface area contributed by atoms with Crippen molar-refractivity contribution >= 4 is 0 Å². The van der Waals surface area contributed by atoms with E-state index in [0.717, 1.165) is 0 Å². The average molecular weight is 419 g/mol. The van der Waals surface area contributed by atoms with Crippen LogP contribution in [0.1, 0.15) is 0 Å². The van der Waals surface area contributed by atoms with Crippen LogP contribution in [0.4, 0.5) is 18.8 Å². The van der Waals surface area contributed by atoms with Crippen molar-refractivity contribution in [2.45, 2.75) is 0 Å². The molecule has 0 aliphatic carbocycles. The summed E-state index contributed by atoms with van der Waals surface area (Å²) in [6, 6.07) is 0. The van der Waals surface area contributed by atoms with Crippen LogP contribution in [0.25, 0.3) is 0 Å². The molecule has 0 saturated heterocycles. The van der Waals surface area contributed by atoms with Gasteiger partial charge in [0.1, 0.15) is 0 Å². The molecule has 0 aromatic rings. The molecule has 0 saturated carbocycles. The summed E-state index contributed by atoms with van der Waals surface area (Å²) in [5.41, 5.74) is 0. The van der Waals surface area contributed by atoms with Crippen LogP contribution in [0, 0.1) is 61.3 Å². The topological polar surface area (TPSA) is 265 Å². The SMILES string of the molecule is F.F.F.F.O=[N+]([O-])[O-].O=[N+]([O-])[O-].O=[N+]([O-])[O-].O=[N+]([O-])[O-].[Zr+4]. The number of hydrogen-bond acceptors (Lipinski definition) is 12. The zero-order valence-electron chi connectivity index (χ0n) is 8.82. The van der Waals surface area contributed by atoms with E-state index in [4.69, 9.17) is 61.3 Å². The zero-order chi connectivity index (χ0) is 14.3. The summed E-state index contributed by atoms with van der Waals surface area (Å²) in [6.45, 7) is 0. The van der Waals surface area contributed by atoms with Gasteiger partial charge < -0.3 is 61.3 Å². The van der Waals surface area contributed by atoms with E-state index in [0.29, 0.717) is 0 Å². The van der Waals surface area contributed by atoms with Crippen molar-refractivity contribution in [3.8, 4) is 0 Å². The molecule has 21 heavy (non-hydrogen) atoms. The Balaban J connectivity index is -0.0000000121. The van der Waals surface area contributed by atoms with Gasteiger partial charge in [-0.05, 0) is 0 Å². The third kappa shape index (κ3) is 612. The minimum absolute atomic E-state index is 0. The molecule has 0 aliphatic rings. The first-order valence-electron chi connectivity index (χ1n) is 2.19. The molecule has 128 valence electrons. The van der Waals surface area contributed by atoms with E-state index in [-0.39, 0.29) is 45.0 Å². The number of hydrogen-bond donors (Lipinski definition) is 0. The van der Waals surface area contributed by atoms with Crippen molar-refractivity contribution in [3.05, 3.63) is 61.3 Å². The quantitative estimate of drug-likeness (QED) is 0.277. The van der Waals surface area contributed by atoms with E-state index in [1.54, 1.807) is 0 Å². The van der Waals surface area contributed by atoms with E-state index in [1.807, 2.05) is 0 Å². The van der Waals surface area contributed by atoms with Crippen molar-refractivity contribution < 1.29 is 65.4 Å². The molecule has 0 aromatic carbocycles. The van der Waals surface area contributed by atoms with Gasteiger partial charge in [-0.3, -0.25) is 18.8 Å². The summed E-state index contributed by atoms with van der Waals surface area (Å²) in [7, 11) is 0. The molecule has 0 bridgehead atoms. The second-order valence-electron chi connectivity index (χ2n) is 0.894. The van der Waals surface area contributed by atoms with Crippen LogP contribution in [0.2, 0.25) is 0 Å². The maximum atomic E-state index is 8.25. The number of rotatable bonds is 0. The molecular formula is H4F4N4O12Zr. The van der Waals surface area contributed by atoms with E-state index in [1.165, 1.54) is 0 Å². The molecule has 0 unspecified atom stereocenters. The summed E-state index contributed by atoms with van der Waals surface area (Å²) in [5, 5.41) is 59.0. The normalized spacial score (nSPS) is 4.57. The fourth-order valence-electron chi connectivity index (χ4n) is 0.